The summed E-state index contributed by atoms with van der Waals surface area (Å²) in [6.45, 7) is 0. The number of hydrogen-bond donors (Lipinski definition) is 2. The molecule has 0 unspecified atom stereocenters. The summed E-state index contributed by atoms with van der Waals surface area (Å²) in [7, 11) is 0. The summed E-state index contributed by atoms with van der Waals surface area (Å²) in [4.78, 5) is 26.5. The van der Waals surface area contributed by atoms with Gasteiger partial charge in [-0.1, -0.05) is 30.3 Å². The molecule has 121 valence electrons. The summed E-state index contributed by atoms with van der Waals surface area (Å²) >= 11 is 0. The molecule has 0 fully saturated rings. The van der Waals surface area contributed by atoms with Crippen molar-refractivity contribution in [3.8, 4) is 0 Å². The number of carbonyl (C=O) groups excluding carboxylic acids is 2. The Morgan fingerprint density at radius 3 is 2.75 bits per heavy atom. The van der Waals surface area contributed by atoms with Crippen molar-refractivity contribution in [2.75, 3.05) is 0 Å². The molecule has 4 heteroatoms. The lowest BCUT2D eigenvalue weighted by atomic mass is 10.0. The fourth-order valence-corrected chi connectivity index (χ4v) is 2.75. The molecule has 0 aliphatic heterocycles. The molecule has 0 saturated carbocycles. The lowest BCUT2D eigenvalue weighted by Gasteiger charge is -2.12. The maximum absolute atomic E-state index is 12.3. The molecule has 0 saturated heterocycles. The zero-order valence-electron chi connectivity index (χ0n) is 13.3. The Morgan fingerprint density at radius 1 is 1.12 bits per heavy atom. The van der Waals surface area contributed by atoms with E-state index < -0.39 is 6.04 Å². The van der Waals surface area contributed by atoms with Crippen molar-refractivity contribution in [3.05, 3.63) is 71.9 Å². The number of fused-ring (bicyclic) bond motifs is 1. The number of nitrogens with one attached hydrogen (secondary N) is 2. The Balaban J connectivity index is 1.55. The van der Waals surface area contributed by atoms with Crippen LogP contribution in [-0.2, 0) is 11.2 Å². The van der Waals surface area contributed by atoms with E-state index in [-0.39, 0.29) is 5.91 Å². The van der Waals surface area contributed by atoms with E-state index in [9.17, 15) is 9.59 Å². The van der Waals surface area contributed by atoms with Gasteiger partial charge in [0.2, 0.25) is 6.29 Å². The largest absolute Gasteiger partial charge is 0.361 e. The van der Waals surface area contributed by atoms with E-state index in [1.54, 1.807) is 6.07 Å². The fraction of sp³-hybridized carbons (Fsp3) is 0.200. The van der Waals surface area contributed by atoms with Crippen LogP contribution in [0.1, 0.15) is 28.8 Å². The number of H-pyrrole nitrogens is 1. The van der Waals surface area contributed by atoms with Crippen molar-refractivity contribution in [1.29, 1.82) is 0 Å². The molecule has 0 bridgehead atoms. The van der Waals surface area contributed by atoms with Gasteiger partial charge in [-0.05, 0) is 49.1 Å². The van der Waals surface area contributed by atoms with Crippen molar-refractivity contribution in [3.63, 3.8) is 0 Å². The summed E-state index contributed by atoms with van der Waals surface area (Å²) in [5.41, 5.74) is 2.75. The van der Waals surface area contributed by atoms with Crippen LogP contribution < -0.4 is 5.32 Å². The van der Waals surface area contributed by atoms with Gasteiger partial charge in [-0.2, -0.15) is 0 Å². The Morgan fingerprint density at radius 2 is 1.96 bits per heavy atom. The van der Waals surface area contributed by atoms with E-state index in [2.05, 4.69) is 22.4 Å². The molecule has 0 spiro atoms. The molecule has 24 heavy (non-hydrogen) atoms. The van der Waals surface area contributed by atoms with Crippen molar-refractivity contribution >= 4 is 23.1 Å². The second-order valence-corrected chi connectivity index (χ2v) is 5.80. The van der Waals surface area contributed by atoms with Gasteiger partial charge in [0.25, 0.3) is 5.91 Å². The van der Waals surface area contributed by atoms with E-state index in [1.807, 2.05) is 48.9 Å². The van der Waals surface area contributed by atoms with Gasteiger partial charge in [0.05, 0.1) is 6.04 Å². The number of carbonyl (C=O) groups is 1. The van der Waals surface area contributed by atoms with E-state index in [0.717, 1.165) is 23.7 Å². The van der Waals surface area contributed by atoms with Crippen LogP contribution in [0.15, 0.2) is 60.8 Å². The molecule has 2 aromatic carbocycles. The third-order valence-corrected chi connectivity index (χ3v) is 4.06. The maximum Gasteiger partial charge on any atom is 0.251 e. The monoisotopic (exact) mass is 319 g/mol. The molecule has 1 heterocycles. The number of aromatic nitrogens is 1. The summed E-state index contributed by atoms with van der Waals surface area (Å²) in [6, 6.07) is 16.8. The van der Waals surface area contributed by atoms with E-state index in [0.29, 0.717) is 12.0 Å². The van der Waals surface area contributed by atoms with Crippen LogP contribution >= 0.6 is 0 Å². The highest BCUT2D eigenvalue weighted by Crippen LogP contribution is 2.14. The second kappa shape index (κ2) is 7.59. The number of benzene rings is 2. The SMILES string of the molecule is O=[C][C@@H](CCCc1ccccc1)NC(=O)c1ccc2[nH]ccc2c1. The van der Waals surface area contributed by atoms with Crippen LogP contribution in [0, 0.1) is 0 Å². The molecule has 4 nitrogen and oxygen atoms in total. The molecule has 1 amide bonds. The van der Waals surface area contributed by atoms with Crippen LogP contribution in [0.3, 0.4) is 0 Å². The minimum absolute atomic E-state index is 0.244. The first-order valence-electron chi connectivity index (χ1n) is 8.06. The Kier molecular flexibility index (Phi) is 5.06. The highest BCUT2D eigenvalue weighted by atomic mass is 16.2. The average molecular weight is 319 g/mol. The highest BCUT2D eigenvalue weighted by Gasteiger charge is 2.14. The number of rotatable bonds is 7. The minimum atomic E-state index is -0.580. The Bertz CT molecular complexity index is 824. The smallest absolute Gasteiger partial charge is 0.251 e. The minimum Gasteiger partial charge on any atom is -0.361 e. The van der Waals surface area contributed by atoms with Gasteiger partial charge in [0.1, 0.15) is 0 Å². The van der Waals surface area contributed by atoms with Crippen molar-refractivity contribution in [1.82, 2.24) is 10.3 Å². The number of amides is 1. The molecule has 3 aromatic rings. The standard InChI is InChI=1S/C20H19N2O2/c23-14-18(8-4-7-15-5-2-1-3-6-15)22-20(24)17-9-10-19-16(13-17)11-12-21-19/h1-3,5-6,9-13,18,21H,4,7-8H2,(H,22,24)/t18-/m1/s1. The number of aromatic amines is 1. The summed E-state index contributed by atoms with van der Waals surface area (Å²) < 4.78 is 0. The Hall–Kier alpha value is -2.88. The van der Waals surface area contributed by atoms with E-state index >= 15 is 0 Å². The van der Waals surface area contributed by atoms with E-state index in [4.69, 9.17) is 0 Å². The van der Waals surface area contributed by atoms with Gasteiger partial charge in [-0.3, -0.25) is 9.59 Å². The molecule has 1 aromatic heterocycles. The summed E-state index contributed by atoms with van der Waals surface area (Å²) in [6.07, 6.45) is 6.04. The first kappa shape index (κ1) is 16.0. The van der Waals surface area contributed by atoms with Gasteiger partial charge in [0.15, 0.2) is 0 Å². The predicted octanol–water partition coefficient (Wildman–Crippen LogP) is 3.40. The van der Waals surface area contributed by atoms with Crippen LogP contribution in [0.2, 0.25) is 0 Å². The molecular weight excluding hydrogens is 300 g/mol. The van der Waals surface area contributed by atoms with Crippen LogP contribution in [0.4, 0.5) is 0 Å². The van der Waals surface area contributed by atoms with Crippen molar-refractivity contribution in [2.45, 2.75) is 25.3 Å². The second-order valence-electron chi connectivity index (χ2n) is 5.80. The first-order chi connectivity index (χ1) is 11.8. The van der Waals surface area contributed by atoms with Crippen LogP contribution in [0.5, 0.6) is 0 Å². The summed E-state index contributed by atoms with van der Waals surface area (Å²) in [5.74, 6) is -0.244. The van der Waals surface area contributed by atoms with Gasteiger partial charge in [-0.25, -0.2) is 0 Å². The maximum atomic E-state index is 12.3. The van der Waals surface area contributed by atoms with Gasteiger partial charge >= 0.3 is 0 Å². The normalized spacial score (nSPS) is 12.0. The van der Waals surface area contributed by atoms with Crippen molar-refractivity contribution in [2.24, 2.45) is 0 Å². The zero-order chi connectivity index (χ0) is 16.8. The molecule has 0 aliphatic rings. The lowest BCUT2D eigenvalue weighted by Crippen LogP contribution is -2.36. The van der Waals surface area contributed by atoms with Crippen LogP contribution in [-0.4, -0.2) is 23.2 Å². The predicted molar refractivity (Wildman–Crippen MR) is 94.6 cm³/mol. The molecular formula is C20H19N2O2. The number of aryl methyl sites for hydroxylation is 1. The molecule has 1 atom stereocenters. The van der Waals surface area contributed by atoms with E-state index in [1.165, 1.54) is 5.56 Å². The Labute approximate surface area is 140 Å². The average Bonchev–Trinajstić information content (AvgIpc) is 3.09. The molecule has 1 radical (unpaired) electrons. The molecule has 2 N–H and O–H groups in total. The molecule has 3 rings (SSSR count). The summed E-state index contributed by atoms with van der Waals surface area (Å²) in [5, 5.41) is 3.72. The highest BCUT2D eigenvalue weighted by molar-refractivity contribution is 5.99. The fourth-order valence-electron chi connectivity index (χ4n) is 2.75. The quantitative estimate of drug-likeness (QED) is 0.701. The van der Waals surface area contributed by atoms with Crippen molar-refractivity contribution < 1.29 is 9.59 Å². The zero-order valence-corrected chi connectivity index (χ0v) is 13.3. The van der Waals surface area contributed by atoms with Gasteiger partial charge in [-0.15, -0.1) is 0 Å². The third kappa shape index (κ3) is 3.90. The first-order valence-corrected chi connectivity index (χ1v) is 8.06. The topological polar surface area (TPSA) is 62.0 Å². The van der Waals surface area contributed by atoms with Gasteiger partial charge in [0, 0.05) is 22.7 Å². The molecule has 0 aliphatic carbocycles. The van der Waals surface area contributed by atoms with Gasteiger partial charge < -0.3 is 10.3 Å². The third-order valence-electron chi connectivity index (χ3n) is 4.06. The van der Waals surface area contributed by atoms with Crippen LogP contribution in [0.25, 0.3) is 10.9 Å². The number of hydrogen-bond acceptors (Lipinski definition) is 2. The lowest BCUT2D eigenvalue weighted by molar-refractivity contribution is 0.0945.